The normalized spacial score (nSPS) is 34.2. The van der Waals surface area contributed by atoms with Gasteiger partial charge in [0.25, 0.3) is 0 Å². The summed E-state index contributed by atoms with van der Waals surface area (Å²) in [5, 5.41) is 4.28. The summed E-state index contributed by atoms with van der Waals surface area (Å²) in [6.07, 6.45) is 7.82. The Kier molecular flexibility index (Phi) is 3.57. The van der Waals surface area contributed by atoms with Gasteiger partial charge in [-0.25, -0.2) is 0 Å². The van der Waals surface area contributed by atoms with E-state index in [-0.39, 0.29) is 0 Å². The molecule has 1 rings (SSSR count). The van der Waals surface area contributed by atoms with Crippen molar-refractivity contribution in [1.82, 2.24) is 5.32 Å². The predicted molar refractivity (Wildman–Crippen MR) is 48.6 cm³/mol. The molecular formula is C8H17NS. The highest BCUT2D eigenvalue weighted by molar-refractivity contribution is 7.99. The van der Waals surface area contributed by atoms with Gasteiger partial charge in [0, 0.05) is 11.3 Å². The third-order valence-electron chi connectivity index (χ3n) is 2.37. The molecule has 0 aliphatic heterocycles. The van der Waals surface area contributed by atoms with Crippen molar-refractivity contribution in [3.05, 3.63) is 0 Å². The molecule has 0 aromatic heterocycles. The maximum atomic E-state index is 3.35. The van der Waals surface area contributed by atoms with E-state index >= 15 is 0 Å². The van der Waals surface area contributed by atoms with Gasteiger partial charge in [-0.2, -0.15) is 11.8 Å². The topological polar surface area (TPSA) is 12.0 Å². The van der Waals surface area contributed by atoms with Crippen molar-refractivity contribution >= 4 is 11.8 Å². The van der Waals surface area contributed by atoms with Crippen molar-refractivity contribution in [2.75, 3.05) is 13.3 Å². The molecule has 0 radical (unpaired) electrons. The summed E-state index contributed by atoms with van der Waals surface area (Å²) >= 11 is 2.02. The first-order chi connectivity index (χ1) is 4.86. The van der Waals surface area contributed by atoms with Gasteiger partial charge >= 0.3 is 0 Å². The first kappa shape index (κ1) is 8.41. The third-order valence-corrected chi connectivity index (χ3v) is 3.46. The fraction of sp³-hybridized carbons (Fsp3) is 1.00. The van der Waals surface area contributed by atoms with Crippen LogP contribution < -0.4 is 5.32 Å². The first-order valence-corrected chi connectivity index (χ1v) is 5.35. The molecule has 2 atom stereocenters. The van der Waals surface area contributed by atoms with Gasteiger partial charge in [0.05, 0.1) is 0 Å². The van der Waals surface area contributed by atoms with E-state index in [2.05, 4.69) is 18.6 Å². The Bertz CT molecular complexity index is 85.3. The Morgan fingerprint density at radius 1 is 1.40 bits per heavy atom. The third kappa shape index (κ3) is 2.17. The molecule has 60 valence electrons. The summed E-state index contributed by atoms with van der Waals surface area (Å²) < 4.78 is 0. The summed E-state index contributed by atoms with van der Waals surface area (Å²) in [5.74, 6) is 0. The molecule has 10 heavy (non-hydrogen) atoms. The summed E-state index contributed by atoms with van der Waals surface area (Å²) in [7, 11) is 2.08. The second kappa shape index (κ2) is 4.24. The van der Waals surface area contributed by atoms with Crippen molar-refractivity contribution in [3.8, 4) is 0 Å². The molecule has 1 fully saturated rings. The Morgan fingerprint density at radius 3 is 2.80 bits per heavy atom. The number of nitrogens with one attached hydrogen (secondary N) is 1. The molecule has 0 aromatic rings. The van der Waals surface area contributed by atoms with E-state index in [1.807, 2.05) is 11.8 Å². The fourth-order valence-corrected chi connectivity index (χ4v) is 2.45. The SMILES string of the molecule is CNC1CCCC(SC)C1. The van der Waals surface area contributed by atoms with Crippen LogP contribution in [0.5, 0.6) is 0 Å². The van der Waals surface area contributed by atoms with Crippen molar-refractivity contribution in [2.24, 2.45) is 0 Å². The van der Waals surface area contributed by atoms with Crippen LogP contribution >= 0.6 is 11.8 Å². The molecule has 0 heterocycles. The monoisotopic (exact) mass is 159 g/mol. The van der Waals surface area contributed by atoms with Crippen LogP contribution in [0.1, 0.15) is 25.7 Å². The van der Waals surface area contributed by atoms with Gasteiger partial charge in [0.2, 0.25) is 0 Å². The van der Waals surface area contributed by atoms with Gasteiger partial charge in [-0.15, -0.1) is 0 Å². The molecule has 1 nitrogen and oxygen atoms in total. The molecule has 1 saturated carbocycles. The van der Waals surface area contributed by atoms with Crippen LogP contribution in [-0.4, -0.2) is 24.6 Å². The van der Waals surface area contributed by atoms with E-state index in [9.17, 15) is 0 Å². The average molecular weight is 159 g/mol. The van der Waals surface area contributed by atoms with Gasteiger partial charge in [-0.3, -0.25) is 0 Å². The number of rotatable bonds is 2. The van der Waals surface area contributed by atoms with Crippen molar-refractivity contribution in [1.29, 1.82) is 0 Å². The molecule has 0 bridgehead atoms. The lowest BCUT2D eigenvalue weighted by Gasteiger charge is -2.27. The number of thioether (sulfide) groups is 1. The van der Waals surface area contributed by atoms with Crippen LogP contribution in [0.3, 0.4) is 0 Å². The molecule has 1 aliphatic carbocycles. The van der Waals surface area contributed by atoms with Crippen LogP contribution in [0, 0.1) is 0 Å². The zero-order valence-corrected chi connectivity index (χ0v) is 7.71. The van der Waals surface area contributed by atoms with Gasteiger partial charge in [0.15, 0.2) is 0 Å². The lowest BCUT2D eigenvalue weighted by Crippen LogP contribution is -2.32. The summed E-state index contributed by atoms with van der Waals surface area (Å²) in [6, 6.07) is 0.797. The molecular weight excluding hydrogens is 142 g/mol. The summed E-state index contributed by atoms with van der Waals surface area (Å²) in [4.78, 5) is 0. The molecule has 2 unspecified atom stereocenters. The van der Waals surface area contributed by atoms with Crippen molar-refractivity contribution in [2.45, 2.75) is 37.0 Å². The molecule has 2 heteroatoms. The lowest BCUT2D eigenvalue weighted by atomic mass is 9.95. The first-order valence-electron chi connectivity index (χ1n) is 4.07. The Hall–Kier alpha value is 0.310. The van der Waals surface area contributed by atoms with Gasteiger partial charge in [-0.1, -0.05) is 6.42 Å². The van der Waals surface area contributed by atoms with Crippen molar-refractivity contribution in [3.63, 3.8) is 0 Å². The fourth-order valence-electron chi connectivity index (χ4n) is 1.62. The second-order valence-corrected chi connectivity index (χ2v) is 4.15. The van der Waals surface area contributed by atoms with E-state index in [4.69, 9.17) is 0 Å². The minimum atomic E-state index is 0.797. The highest BCUT2D eigenvalue weighted by atomic mass is 32.2. The van der Waals surface area contributed by atoms with E-state index in [0.717, 1.165) is 11.3 Å². The van der Waals surface area contributed by atoms with Crippen LogP contribution in [0.2, 0.25) is 0 Å². The summed E-state index contributed by atoms with van der Waals surface area (Å²) in [6.45, 7) is 0. The molecule has 0 saturated heterocycles. The zero-order valence-electron chi connectivity index (χ0n) is 6.89. The predicted octanol–water partition coefficient (Wildman–Crippen LogP) is 1.88. The van der Waals surface area contributed by atoms with Crippen LogP contribution in [0.4, 0.5) is 0 Å². The zero-order chi connectivity index (χ0) is 7.40. The maximum absolute atomic E-state index is 3.35. The highest BCUT2D eigenvalue weighted by Crippen LogP contribution is 2.26. The van der Waals surface area contributed by atoms with E-state index < -0.39 is 0 Å². The van der Waals surface area contributed by atoms with E-state index in [0.29, 0.717) is 0 Å². The van der Waals surface area contributed by atoms with E-state index in [1.165, 1.54) is 25.7 Å². The quantitative estimate of drug-likeness (QED) is 0.660. The van der Waals surface area contributed by atoms with E-state index in [1.54, 1.807) is 0 Å². The van der Waals surface area contributed by atoms with Crippen LogP contribution in [-0.2, 0) is 0 Å². The number of hydrogen-bond acceptors (Lipinski definition) is 2. The second-order valence-electron chi connectivity index (χ2n) is 3.01. The molecule has 1 aliphatic rings. The maximum Gasteiger partial charge on any atom is 0.00746 e. The van der Waals surface area contributed by atoms with Crippen molar-refractivity contribution < 1.29 is 0 Å². The van der Waals surface area contributed by atoms with Crippen LogP contribution in [0.15, 0.2) is 0 Å². The largest absolute Gasteiger partial charge is 0.317 e. The minimum Gasteiger partial charge on any atom is -0.317 e. The smallest absolute Gasteiger partial charge is 0.00746 e. The number of hydrogen-bond donors (Lipinski definition) is 1. The molecule has 0 amide bonds. The minimum absolute atomic E-state index is 0.797. The molecule has 1 N–H and O–H groups in total. The Labute approximate surface area is 68.0 Å². The highest BCUT2D eigenvalue weighted by Gasteiger charge is 2.19. The molecule has 0 spiro atoms. The Balaban J connectivity index is 2.25. The standard InChI is InChI=1S/C8H17NS/c1-9-7-4-3-5-8(6-7)10-2/h7-9H,3-6H2,1-2H3. The average Bonchev–Trinajstić information content (AvgIpc) is 2.05. The molecule has 0 aromatic carbocycles. The summed E-state index contributed by atoms with van der Waals surface area (Å²) in [5.41, 5.74) is 0. The lowest BCUT2D eigenvalue weighted by molar-refractivity contribution is 0.403. The van der Waals surface area contributed by atoms with Crippen LogP contribution in [0.25, 0.3) is 0 Å². The Morgan fingerprint density at radius 2 is 2.20 bits per heavy atom. The van der Waals surface area contributed by atoms with Gasteiger partial charge < -0.3 is 5.32 Å². The van der Waals surface area contributed by atoms with Gasteiger partial charge in [0.1, 0.15) is 0 Å². The van der Waals surface area contributed by atoms with Gasteiger partial charge in [-0.05, 0) is 32.6 Å².